The molecule has 12 heteroatoms. The SMILES string of the molecule is COc1ccc(S(=O)(=O)N(C[C@@H](O)[C@H](Cc2ccccc2)N(C(=O)[O-])C2CCOC2)C2CCNC[C@@H]2C(C)=O)cc1. The Balaban J connectivity index is 1.74. The van der Waals surface area contributed by atoms with Crippen molar-refractivity contribution >= 4 is 21.9 Å². The molecule has 0 saturated carbocycles. The summed E-state index contributed by atoms with van der Waals surface area (Å²) in [5.41, 5.74) is 0.773. The lowest BCUT2D eigenvalue weighted by Gasteiger charge is -2.44. The first-order valence-electron chi connectivity index (χ1n) is 13.8. The number of hydrogen-bond donors (Lipinski definition) is 2. The molecule has 2 saturated heterocycles. The van der Waals surface area contributed by atoms with Gasteiger partial charge in [-0.05, 0) is 62.6 Å². The van der Waals surface area contributed by atoms with E-state index < -0.39 is 52.8 Å². The molecule has 2 heterocycles. The van der Waals surface area contributed by atoms with Gasteiger partial charge in [-0.15, -0.1) is 0 Å². The molecule has 224 valence electrons. The van der Waals surface area contributed by atoms with Gasteiger partial charge in [0, 0.05) is 31.7 Å². The highest BCUT2D eigenvalue weighted by Crippen LogP contribution is 2.29. The first-order chi connectivity index (χ1) is 19.6. The average Bonchev–Trinajstić information content (AvgIpc) is 3.50. The second-order valence-corrected chi connectivity index (χ2v) is 12.4. The van der Waals surface area contributed by atoms with Gasteiger partial charge in [-0.1, -0.05) is 30.3 Å². The van der Waals surface area contributed by atoms with E-state index in [9.17, 15) is 28.2 Å². The Morgan fingerprint density at radius 1 is 1.15 bits per heavy atom. The molecule has 0 radical (unpaired) electrons. The van der Waals surface area contributed by atoms with E-state index in [1.807, 2.05) is 30.3 Å². The van der Waals surface area contributed by atoms with Crippen LogP contribution < -0.4 is 15.2 Å². The van der Waals surface area contributed by atoms with Crippen molar-refractivity contribution in [2.75, 3.05) is 40.0 Å². The van der Waals surface area contributed by atoms with Gasteiger partial charge >= 0.3 is 0 Å². The first kappa shape index (κ1) is 30.9. The van der Waals surface area contributed by atoms with Crippen LogP contribution in [0.1, 0.15) is 25.3 Å². The van der Waals surface area contributed by atoms with Crippen LogP contribution in [-0.2, 0) is 26.0 Å². The van der Waals surface area contributed by atoms with Crippen LogP contribution in [0.3, 0.4) is 0 Å². The maximum absolute atomic E-state index is 14.2. The molecule has 2 fully saturated rings. The van der Waals surface area contributed by atoms with Gasteiger partial charge in [-0.3, -0.25) is 4.79 Å². The number of methoxy groups -OCH3 is 1. The molecule has 2 unspecified atom stereocenters. The summed E-state index contributed by atoms with van der Waals surface area (Å²) < 4.78 is 40.1. The fourth-order valence-electron chi connectivity index (χ4n) is 5.78. The van der Waals surface area contributed by atoms with Crippen LogP contribution in [0.2, 0.25) is 0 Å². The fraction of sp³-hybridized carbons (Fsp3) is 0.517. The molecule has 41 heavy (non-hydrogen) atoms. The van der Waals surface area contributed by atoms with Crippen LogP contribution in [0.25, 0.3) is 0 Å². The molecule has 0 bridgehead atoms. The number of carboxylic acid groups (broad SMARTS) is 1. The van der Waals surface area contributed by atoms with Gasteiger partial charge < -0.3 is 34.7 Å². The van der Waals surface area contributed by atoms with E-state index in [0.29, 0.717) is 38.3 Å². The predicted octanol–water partition coefficient (Wildman–Crippen LogP) is 0.659. The lowest BCUT2D eigenvalue weighted by atomic mass is 9.89. The van der Waals surface area contributed by atoms with E-state index in [1.165, 1.54) is 42.6 Å². The molecule has 2 aromatic rings. The highest BCUT2D eigenvalue weighted by molar-refractivity contribution is 7.89. The third-order valence-corrected chi connectivity index (χ3v) is 9.87. The number of Topliss-reactive ketones (excluding diaryl/α,β-unsaturated/α-hetero) is 1. The Labute approximate surface area is 241 Å². The molecule has 2 aromatic carbocycles. The number of nitrogens with one attached hydrogen (secondary N) is 1. The van der Waals surface area contributed by atoms with Gasteiger partial charge in [-0.25, -0.2) is 8.42 Å². The first-order valence-corrected chi connectivity index (χ1v) is 15.2. The van der Waals surface area contributed by atoms with Crippen LogP contribution >= 0.6 is 0 Å². The highest BCUT2D eigenvalue weighted by Gasteiger charge is 2.43. The second kappa shape index (κ2) is 13.8. The Bertz CT molecular complexity index is 1270. The molecule has 4 rings (SSSR count). The minimum absolute atomic E-state index is 0.0214. The Kier molecular flexibility index (Phi) is 10.4. The van der Waals surface area contributed by atoms with E-state index in [4.69, 9.17) is 9.47 Å². The molecule has 2 aliphatic heterocycles. The zero-order valence-corrected chi connectivity index (χ0v) is 24.2. The van der Waals surface area contributed by atoms with E-state index >= 15 is 0 Å². The topological polar surface area (TPSA) is 149 Å². The van der Waals surface area contributed by atoms with E-state index in [0.717, 1.165) is 10.5 Å². The molecule has 5 atom stereocenters. The van der Waals surface area contributed by atoms with Gasteiger partial charge in [0.25, 0.3) is 0 Å². The molecular formula is C29H38N3O8S-. The van der Waals surface area contributed by atoms with Gasteiger partial charge in [0.05, 0.1) is 36.8 Å². The van der Waals surface area contributed by atoms with Gasteiger partial charge in [-0.2, -0.15) is 4.31 Å². The van der Waals surface area contributed by atoms with Crippen molar-refractivity contribution in [3.63, 3.8) is 0 Å². The second-order valence-electron chi connectivity index (χ2n) is 10.5. The van der Waals surface area contributed by atoms with Crippen molar-refractivity contribution in [1.29, 1.82) is 0 Å². The number of carbonyl (C=O) groups is 2. The third kappa shape index (κ3) is 7.25. The van der Waals surface area contributed by atoms with Gasteiger partial charge in [0.1, 0.15) is 17.6 Å². The zero-order chi connectivity index (χ0) is 29.6. The number of sulfonamides is 1. The largest absolute Gasteiger partial charge is 0.530 e. The Morgan fingerprint density at radius 3 is 2.44 bits per heavy atom. The Hall–Kier alpha value is -3.03. The standard InChI is InChI=1S/C29H39N3O8S/c1-20(33)25-17-30-14-12-26(25)31(41(37,38)24-10-8-23(39-2)9-11-24)18-28(34)27(16-21-6-4-3-5-7-21)32(29(35)36)22-13-15-40-19-22/h3-11,22,25-28,30,34H,12-19H2,1-2H3,(H,35,36)/p-1/t22?,25-,26?,27+,28-/m1/s1. The summed E-state index contributed by atoms with van der Waals surface area (Å²) in [5.74, 6) is -0.339. The number of rotatable bonds is 12. The van der Waals surface area contributed by atoms with E-state index in [-0.39, 0.29) is 23.7 Å². The monoisotopic (exact) mass is 588 g/mol. The van der Waals surface area contributed by atoms with Crippen molar-refractivity contribution in [2.24, 2.45) is 5.92 Å². The molecule has 0 aliphatic carbocycles. The maximum atomic E-state index is 14.2. The minimum Gasteiger partial charge on any atom is -0.530 e. The number of benzene rings is 2. The van der Waals surface area contributed by atoms with Crippen molar-refractivity contribution in [2.45, 2.75) is 55.3 Å². The van der Waals surface area contributed by atoms with Crippen LogP contribution in [-0.4, -0.2) is 98.8 Å². The predicted molar refractivity (Wildman–Crippen MR) is 149 cm³/mol. The van der Waals surface area contributed by atoms with Crippen molar-refractivity contribution in [3.8, 4) is 5.75 Å². The zero-order valence-electron chi connectivity index (χ0n) is 23.3. The number of nitrogens with zero attached hydrogens (tertiary/aromatic N) is 2. The summed E-state index contributed by atoms with van der Waals surface area (Å²) in [6, 6.07) is 12.7. The number of piperidine rings is 1. The van der Waals surface area contributed by atoms with Crippen molar-refractivity contribution < 1.29 is 37.7 Å². The number of carbonyl (C=O) groups excluding carboxylic acids is 2. The molecule has 11 nitrogen and oxygen atoms in total. The van der Waals surface area contributed by atoms with Gasteiger partial charge in [0.15, 0.2) is 0 Å². The van der Waals surface area contributed by atoms with E-state index in [1.54, 1.807) is 0 Å². The normalized spacial score (nSPS) is 22.7. The molecule has 2 N–H and O–H groups in total. The number of amides is 1. The number of ether oxygens (including phenoxy) is 2. The number of aliphatic hydroxyl groups is 1. The van der Waals surface area contributed by atoms with Crippen molar-refractivity contribution in [3.05, 3.63) is 60.2 Å². The fourth-order valence-corrected chi connectivity index (χ4v) is 7.49. The summed E-state index contributed by atoms with van der Waals surface area (Å²) >= 11 is 0. The molecule has 0 spiro atoms. The van der Waals surface area contributed by atoms with E-state index in [2.05, 4.69) is 5.32 Å². The Morgan fingerprint density at radius 2 is 1.85 bits per heavy atom. The number of hydrogen-bond acceptors (Lipinski definition) is 9. The smallest absolute Gasteiger partial charge is 0.243 e. The maximum Gasteiger partial charge on any atom is 0.243 e. The molecule has 2 aliphatic rings. The third-order valence-electron chi connectivity index (χ3n) is 7.97. The minimum atomic E-state index is -4.23. The van der Waals surface area contributed by atoms with Crippen LogP contribution in [0.15, 0.2) is 59.5 Å². The summed E-state index contributed by atoms with van der Waals surface area (Å²) in [6.07, 6.45) is -2.00. The summed E-state index contributed by atoms with van der Waals surface area (Å²) in [7, 11) is -2.75. The summed E-state index contributed by atoms with van der Waals surface area (Å²) in [5, 5.41) is 27.4. The number of aliphatic hydroxyl groups excluding tert-OH is 1. The van der Waals surface area contributed by atoms with Crippen LogP contribution in [0, 0.1) is 5.92 Å². The van der Waals surface area contributed by atoms with Crippen LogP contribution in [0.5, 0.6) is 5.75 Å². The molecular weight excluding hydrogens is 550 g/mol. The average molecular weight is 589 g/mol. The summed E-state index contributed by atoms with van der Waals surface area (Å²) in [4.78, 5) is 26.2. The molecule has 1 amide bonds. The summed E-state index contributed by atoms with van der Waals surface area (Å²) in [6.45, 7) is 2.31. The lowest BCUT2D eigenvalue weighted by Crippen LogP contribution is -2.61. The van der Waals surface area contributed by atoms with Gasteiger partial charge in [0.2, 0.25) is 10.0 Å². The molecule has 0 aromatic heterocycles. The lowest BCUT2D eigenvalue weighted by molar-refractivity contribution is -0.272. The highest BCUT2D eigenvalue weighted by atomic mass is 32.2. The quantitative estimate of drug-likeness (QED) is 0.365. The number of ketones is 1. The van der Waals surface area contributed by atoms with Crippen molar-refractivity contribution in [1.82, 2.24) is 14.5 Å². The van der Waals surface area contributed by atoms with Crippen LogP contribution in [0.4, 0.5) is 4.79 Å².